The fourth-order valence-corrected chi connectivity index (χ4v) is 2.32. The first-order valence-corrected chi connectivity index (χ1v) is 6.09. The highest BCUT2D eigenvalue weighted by molar-refractivity contribution is 5.93. The van der Waals surface area contributed by atoms with Crippen molar-refractivity contribution in [3.05, 3.63) is 23.2 Å². The Balaban J connectivity index is 2.04. The summed E-state index contributed by atoms with van der Waals surface area (Å²) in [6.45, 7) is 5.39. The van der Waals surface area contributed by atoms with Gasteiger partial charge in [0, 0.05) is 25.3 Å². The third kappa shape index (κ3) is 2.52. The largest absolute Gasteiger partial charge is 0.456 e. The number of nitrogens with zero attached hydrogens (tertiary/aromatic N) is 1. The molecule has 4 heteroatoms. The molecule has 17 heavy (non-hydrogen) atoms. The molecule has 1 aromatic heterocycles. The lowest BCUT2D eigenvalue weighted by atomic mass is 9.97. The van der Waals surface area contributed by atoms with Crippen LogP contribution in [-0.4, -0.2) is 35.6 Å². The maximum absolute atomic E-state index is 12.2. The van der Waals surface area contributed by atoms with Gasteiger partial charge in [-0.15, -0.1) is 0 Å². The average molecular weight is 237 g/mol. The zero-order chi connectivity index (χ0) is 12.4. The summed E-state index contributed by atoms with van der Waals surface area (Å²) in [7, 11) is 0. The number of carbonyl (C=O) groups is 1. The van der Waals surface area contributed by atoms with Crippen LogP contribution in [0.2, 0.25) is 0 Å². The molecule has 0 spiro atoms. The lowest BCUT2D eigenvalue weighted by Gasteiger charge is -2.30. The number of aliphatic hydroxyl groups is 1. The van der Waals surface area contributed by atoms with Crippen LogP contribution in [0.4, 0.5) is 0 Å². The highest BCUT2D eigenvalue weighted by atomic mass is 16.4. The van der Waals surface area contributed by atoms with Crippen molar-refractivity contribution in [2.45, 2.75) is 26.7 Å². The standard InChI is InChI=1S/C13H19NO3/c1-9-7-10(2)17-12(9)13(16)14-5-3-11(8-15)4-6-14/h7,11,15H,3-6,8H2,1-2H3. The second kappa shape index (κ2) is 4.92. The molecule has 0 bridgehead atoms. The maximum Gasteiger partial charge on any atom is 0.289 e. The normalized spacial score (nSPS) is 17.5. The molecule has 0 atom stereocenters. The summed E-state index contributed by atoms with van der Waals surface area (Å²) in [6, 6.07) is 1.88. The Labute approximate surface area is 101 Å². The molecule has 0 aromatic carbocycles. The number of hydrogen-bond acceptors (Lipinski definition) is 3. The number of hydrogen-bond donors (Lipinski definition) is 1. The third-order valence-corrected chi connectivity index (χ3v) is 3.40. The highest BCUT2D eigenvalue weighted by Gasteiger charge is 2.26. The first kappa shape index (κ1) is 12.2. The van der Waals surface area contributed by atoms with Crippen LogP contribution in [0.3, 0.4) is 0 Å². The summed E-state index contributed by atoms with van der Waals surface area (Å²) >= 11 is 0. The van der Waals surface area contributed by atoms with E-state index in [1.165, 1.54) is 0 Å². The molecule has 0 radical (unpaired) electrons. The van der Waals surface area contributed by atoms with Gasteiger partial charge < -0.3 is 14.4 Å². The first-order chi connectivity index (χ1) is 8.11. The molecule has 1 N–H and O–H groups in total. The second-order valence-corrected chi connectivity index (χ2v) is 4.79. The number of piperidine rings is 1. The van der Waals surface area contributed by atoms with Gasteiger partial charge in [0.15, 0.2) is 5.76 Å². The van der Waals surface area contributed by atoms with E-state index in [0.29, 0.717) is 24.8 Å². The summed E-state index contributed by atoms with van der Waals surface area (Å²) in [5.74, 6) is 1.56. The molecular formula is C13H19NO3. The summed E-state index contributed by atoms with van der Waals surface area (Å²) in [6.07, 6.45) is 1.75. The summed E-state index contributed by atoms with van der Waals surface area (Å²) in [4.78, 5) is 14.0. The lowest BCUT2D eigenvalue weighted by molar-refractivity contribution is 0.0618. The monoisotopic (exact) mass is 237 g/mol. The Morgan fingerprint density at radius 3 is 2.59 bits per heavy atom. The number of aliphatic hydroxyl groups excluding tert-OH is 1. The number of likely N-dealkylation sites (tertiary alicyclic amines) is 1. The van der Waals surface area contributed by atoms with Crippen molar-refractivity contribution in [3.8, 4) is 0 Å². The molecule has 0 saturated carbocycles. The lowest BCUT2D eigenvalue weighted by Crippen LogP contribution is -2.39. The molecule has 1 aliphatic rings. The second-order valence-electron chi connectivity index (χ2n) is 4.79. The van der Waals surface area contributed by atoms with Crippen molar-refractivity contribution < 1.29 is 14.3 Å². The minimum atomic E-state index is -0.0213. The van der Waals surface area contributed by atoms with Crippen molar-refractivity contribution in [1.82, 2.24) is 4.90 Å². The first-order valence-electron chi connectivity index (χ1n) is 6.09. The van der Waals surface area contributed by atoms with Crippen LogP contribution < -0.4 is 0 Å². The predicted molar refractivity (Wildman–Crippen MR) is 63.9 cm³/mol. The van der Waals surface area contributed by atoms with E-state index >= 15 is 0 Å². The SMILES string of the molecule is Cc1cc(C)c(C(=O)N2CCC(CO)CC2)o1. The van der Waals surface area contributed by atoms with E-state index in [0.717, 1.165) is 24.2 Å². The number of carbonyl (C=O) groups excluding carboxylic acids is 1. The van der Waals surface area contributed by atoms with Gasteiger partial charge in [-0.3, -0.25) is 4.79 Å². The molecule has 0 aliphatic carbocycles. The van der Waals surface area contributed by atoms with Gasteiger partial charge in [-0.2, -0.15) is 0 Å². The van der Waals surface area contributed by atoms with Gasteiger partial charge >= 0.3 is 0 Å². The van der Waals surface area contributed by atoms with E-state index < -0.39 is 0 Å². The zero-order valence-corrected chi connectivity index (χ0v) is 10.4. The fourth-order valence-electron chi connectivity index (χ4n) is 2.32. The minimum Gasteiger partial charge on any atom is -0.456 e. The fraction of sp³-hybridized carbons (Fsp3) is 0.615. The quantitative estimate of drug-likeness (QED) is 0.852. The van der Waals surface area contributed by atoms with E-state index in [2.05, 4.69) is 0 Å². The molecule has 4 nitrogen and oxygen atoms in total. The average Bonchev–Trinajstić information content (AvgIpc) is 2.68. The highest BCUT2D eigenvalue weighted by Crippen LogP contribution is 2.21. The molecule has 2 rings (SSSR count). The minimum absolute atomic E-state index is 0.0213. The number of rotatable bonds is 2. The molecule has 1 amide bonds. The van der Waals surface area contributed by atoms with E-state index in [1.807, 2.05) is 24.8 Å². The van der Waals surface area contributed by atoms with Gasteiger partial charge in [0.25, 0.3) is 5.91 Å². The Bertz CT molecular complexity index is 403. The van der Waals surface area contributed by atoms with Gasteiger partial charge in [0.1, 0.15) is 5.76 Å². The number of furan rings is 1. The van der Waals surface area contributed by atoms with E-state index in [1.54, 1.807) is 0 Å². The van der Waals surface area contributed by atoms with Crippen LogP contribution in [0.1, 0.15) is 34.7 Å². The predicted octanol–water partition coefficient (Wildman–Crippen LogP) is 1.74. The van der Waals surface area contributed by atoms with Crippen LogP contribution in [-0.2, 0) is 0 Å². The Morgan fingerprint density at radius 1 is 1.47 bits per heavy atom. The molecule has 1 saturated heterocycles. The topological polar surface area (TPSA) is 53.7 Å². The molecular weight excluding hydrogens is 218 g/mol. The molecule has 1 aromatic rings. The van der Waals surface area contributed by atoms with Gasteiger partial charge in [-0.1, -0.05) is 0 Å². The van der Waals surface area contributed by atoms with Gasteiger partial charge in [-0.05, 0) is 38.7 Å². The summed E-state index contributed by atoms with van der Waals surface area (Å²) in [5.41, 5.74) is 0.900. The Kier molecular flexibility index (Phi) is 3.52. The van der Waals surface area contributed by atoms with E-state index in [-0.39, 0.29) is 12.5 Å². The van der Waals surface area contributed by atoms with Crippen molar-refractivity contribution in [1.29, 1.82) is 0 Å². The van der Waals surface area contributed by atoms with E-state index in [9.17, 15) is 4.79 Å². The molecule has 2 heterocycles. The van der Waals surface area contributed by atoms with Gasteiger partial charge in [0.05, 0.1) is 0 Å². The summed E-state index contributed by atoms with van der Waals surface area (Å²) < 4.78 is 5.44. The van der Waals surface area contributed by atoms with Crippen LogP contribution >= 0.6 is 0 Å². The van der Waals surface area contributed by atoms with Crippen molar-refractivity contribution in [2.24, 2.45) is 5.92 Å². The molecule has 0 unspecified atom stereocenters. The molecule has 1 fully saturated rings. The van der Waals surface area contributed by atoms with Crippen LogP contribution in [0, 0.1) is 19.8 Å². The smallest absolute Gasteiger partial charge is 0.289 e. The van der Waals surface area contributed by atoms with Crippen molar-refractivity contribution in [2.75, 3.05) is 19.7 Å². The maximum atomic E-state index is 12.2. The summed E-state index contributed by atoms with van der Waals surface area (Å²) in [5, 5.41) is 9.06. The Hall–Kier alpha value is -1.29. The van der Waals surface area contributed by atoms with E-state index in [4.69, 9.17) is 9.52 Å². The third-order valence-electron chi connectivity index (χ3n) is 3.40. The van der Waals surface area contributed by atoms with Crippen LogP contribution in [0.25, 0.3) is 0 Å². The van der Waals surface area contributed by atoms with Crippen molar-refractivity contribution in [3.63, 3.8) is 0 Å². The van der Waals surface area contributed by atoms with Crippen molar-refractivity contribution >= 4 is 5.91 Å². The Morgan fingerprint density at radius 2 is 2.12 bits per heavy atom. The van der Waals surface area contributed by atoms with Gasteiger partial charge in [0.2, 0.25) is 0 Å². The van der Waals surface area contributed by atoms with Crippen LogP contribution in [0.15, 0.2) is 10.5 Å². The molecule has 94 valence electrons. The van der Waals surface area contributed by atoms with Crippen LogP contribution in [0.5, 0.6) is 0 Å². The molecule has 1 aliphatic heterocycles. The van der Waals surface area contributed by atoms with Gasteiger partial charge in [-0.25, -0.2) is 0 Å². The number of amides is 1. The zero-order valence-electron chi connectivity index (χ0n) is 10.4. The number of aryl methyl sites for hydroxylation is 2.